The Hall–Kier alpha value is -2.90. The zero-order valence-electron chi connectivity index (χ0n) is 18.3. The number of nitrogens with two attached hydrogens (primary N) is 1. The molecule has 3 N–H and O–H groups in total. The number of nitrogen functional groups attached to an aromatic ring is 1. The molecule has 7 heteroatoms. The first kappa shape index (κ1) is 22.3. The van der Waals surface area contributed by atoms with E-state index in [1.54, 1.807) is 31.0 Å². The number of benzene rings is 3. The molecule has 0 aliphatic carbocycles. The number of hydrogen-bond acceptors (Lipinski definition) is 6. The molecule has 0 spiro atoms. The molecule has 0 bridgehead atoms. The number of sulfone groups is 1. The smallest absolute Gasteiger partial charge is 0.182 e. The zero-order chi connectivity index (χ0) is 22.9. The van der Waals surface area contributed by atoms with Crippen LogP contribution in [0.2, 0.25) is 0 Å². The third kappa shape index (κ3) is 4.64. The monoisotopic (exact) mass is 466 g/mol. The van der Waals surface area contributed by atoms with Gasteiger partial charge < -0.3 is 15.8 Å². The molecule has 32 heavy (non-hydrogen) atoms. The molecule has 0 fully saturated rings. The molecule has 4 rings (SSSR count). The van der Waals surface area contributed by atoms with E-state index >= 15 is 0 Å². The quantitative estimate of drug-likeness (QED) is 0.488. The molecular weight excluding hydrogens is 440 g/mol. The fourth-order valence-electron chi connectivity index (χ4n) is 3.75. The summed E-state index contributed by atoms with van der Waals surface area (Å²) in [5.74, 6) is 0.640. The summed E-state index contributed by atoms with van der Waals surface area (Å²) >= 11 is 1.57. The van der Waals surface area contributed by atoms with E-state index in [1.807, 2.05) is 62.4 Å². The predicted molar refractivity (Wildman–Crippen MR) is 133 cm³/mol. The number of methoxy groups -OCH3 is 1. The molecular formula is C25H26N2O3S2. The maximum Gasteiger partial charge on any atom is 0.182 e. The van der Waals surface area contributed by atoms with Crippen LogP contribution in [0.1, 0.15) is 22.3 Å². The second-order valence-corrected chi connectivity index (χ2v) is 11.0. The van der Waals surface area contributed by atoms with Crippen molar-refractivity contribution < 1.29 is 13.2 Å². The molecule has 0 unspecified atom stereocenters. The minimum Gasteiger partial charge on any atom is -0.495 e. The first-order chi connectivity index (χ1) is 15.3. The van der Waals surface area contributed by atoms with Gasteiger partial charge >= 0.3 is 0 Å². The molecule has 3 aromatic rings. The van der Waals surface area contributed by atoms with Crippen molar-refractivity contribution in [1.29, 1.82) is 0 Å². The summed E-state index contributed by atoms with van der Waals surface area (Å²) in [6.45, 7) is 4.57. The Morgan fingerprint density at radius 2 is 1.84 bits per heavy atom. The highest BCUT2D eigenvalue weighted by Crippen LogP contribution is 2.40. The maximum absolute atomic E-state index is 13.2. The lowest BCUT2D eigenvalue weighted by Gasteiger charge is -2.21. The van der Waals surface area contributed by atoms with Crippen molar-refractivity contribution in [1.82, 2.24) is 0 Å². The molecule has 0 amide bonds. The molecule has 5 nitrogen and oxygen atoms in total. The van der Waals surface area contributed by atoms with Crippen LogP contribution in [0, 0.1) is 13.8 Å². The third-order valence-electron chi connectivity index (χ3n) is 5.57. The zero-order valence-corrected chi connectivity index (χ0v) is 19.9. The topological polar surface area (TPSA) is 81.4 Å². The Kier molecular flexibility index (Phi) is 6.22. The standard InChI is InChI=1S/C25H26N2O3S2/c1-16-5-4-6-17(2)21(16)15-32(28,29)20-8-9-23-25(13-20)31-19(14-27-23)11-18-7-10-24(30-3)22(26)12-18/h4-13,27H,14-15,26H2,1-3H3. The van der Waals surface area contributed by atoms with Gasteiger partial charge in [0.1, 0.15) is 5.75 Å². The van der Waals surface area contributed by atoms with Gasteiger partial charge in [-0.25, -0.2) is 8.42 Å². The Morgan fingerprint density at radius 3 is 2.53 bits per heavy atom. The van der Waals surface area contributed by atoms with Crippen LogP contribution in [0.4, 0.5) is 11.4 Å². The Bertz CT molecular complexity index is 1290. The van der Waals surface area contributed by atoms with Crippen LogP contribution in [-0.2, 0) is 15.6 Å². The van der Waals surface area contributed by atoms with Gasteiger partial charge in [0, 0.05) is 22.0 Å². The third-order valence-corrected chi connectivity index (χ3v) is 8.29. The summed E-state index contributed by atoms with van der Waals surface area (Å²) in [5, 5.41) is 3.38. The predicted octanol–water partition coefficient (Wildman–Crippen LogP) is 5.43. The number of rotatable bonds is 5. The number of thioether (sulfide) groups is 1. The van der Waals surface area contributed by atoms with Gasteiger partial charge in [-0.1, -0.05) is 36.0 Å². The normalized spacial score (nSPS) is 14.7. The minimum atomic E-state index is -3.47. The molecule has 0 radical (unpaired) electrons. The van der Waals surface area contributed by atoms with E-state index in [2.05, 4.69) is 5.32 Å². The number of hydrogen-bond donors (Lipinski definition) is 2. The highest BCUT2D eigenvalue weighted by molar-refractivity contribution is 8.03. The van der Waals surface area contributed by atoms with Crippen molar-refractivity contribution in [3.05, 3.63) is 81.8 Å². The van der Waals surface area contributed by atoms with Crippen LogP contribution in [-0.4, -0.2) is 22.1 Å². The number of fused-ring (bicyclic) bond motifs is 1. The second-order valence-electron chi connectivity index (χ2n) is 7.86. The molecule has 1 heterocycles. The van der Waals surface area contributed by atoms with E-state index < -0.39 is 9.84 Å². The molecule has 166 valence electrons. The summed E-state index contributed by atoms with van der Waals surface area (Å²) < 4.78 is 31.6. The van der Waals surface area contributed by atoms with E-state index in [0.29, 0.717) is 22.9 Å². The van der Waals surface area contributed by atoms with Crippen molar-refractivity contribution in [3.8, 4) is 5.75 Å². The lowest BCUT2D eigenvalue weighted by Crippen LogP contribution is -2.11. The van der Waals surface area contributed by atoms with Crippen molar-refractivity contribution in [2.75, 3.05) is 24.7 Å². The molecule has 0 saturated carbocycles. The summed E-state index contributed by atoms with van der Waals surface area (Å²) in [4.78, 5) is 2.31. The molecule has 0 aromatic heterocycles. The van der Waals surface area contributed by atoms with Gasteiger partial charge in [0.05, 0.1) is 23.4 Å². The van der Waals surface area contributed by atoms with Gasteiger partial charge in [0.2, 0.25) is 0 Å². The number of ether oxygens (including phenoxy) is 1. The van der Waals surface area contributed by atoms with E-state index in [-0.39, 0.29) is 5.75 Å². The highest BCUT2D eigenvalue weighted by atomic mass is 32.2. The minimum absolute atomic E-state index is 0.00376. The van der Waals surface area contributed by atoms with Crippen LogP contribution < -0.4 is 15.8 Å². The summed E-state index contributed by atoms with van der Waals surface area (Å²) in [6.07, 6.45) is 2.05. The molecule has 3 aromatic carbocycles. The summed E-state index contributed by atoms with van der Waals surface area (Å²) in [6, 6.07) is 16.8. The van der Waals surface area contributed by atoms with E-state index in [9.17, 15) is 8.42 Å². The van der Waals surface area contributed by atoms with Crippen LogP contribution >= 0.6 is 11.8 Å². The van der Waals surface area contributed by atoms with Crippen molar-refractivity contribution in [3.63, 3.8) is 0 Å². The van der Waals surface area contributed by atoms with Crippen LogP contribution in [0.3, 0.4) is 0 Å². The van der Waals surface area contributed by atoms with Gasteiger partial charge in [-0.2, -0.15) is 0 Å². The van der Waals surface area contributed by atoms with Gasteiger partial charge in [0.15, 0.2) is 9.84 Å². The van der Waals surface area contributed by atoms with Crippen molar-refractivity contribution in [2.45, 2.75) is 29.4 Å². The van der Waals surface area contributed by atoms with Gasteiger partial charge in [-0.05, 0) is 72.5 Å². The van der Waals surface area contributed by atoms with E-state index in [4.69, 9.17) is 10.5 Å². The lowest BCUT2D eigenvalue weighted by atomic mass is 10.1. The molecule has 0 saturated heterocycles. The number of aryl methyl sites for hydroxylation is 2. The average Bonchev–Trinajstić information content (AvgIpc) is 2.76. The van der Waals surface area contributed by atoms with E-state index in [0.717, 1.165) is 37.7 Å². The molecule has 1 aliphatic heterocycles. The first-order valence-electron chi connectivity index (χ1n) is 10.2. The molecule has 0 atom stereocenters. The Morgan fingerprint density at radius 1 is 1.09 bits per heavy atom. The van der Waals surface area contributed by atoms with E-state index in [1.165, 1.54) is 0 Å². The van der Waals surface area contributed by atoms with Crippen molar-refractivity contribution >= 4 is 39.0 Å². The molecule has 1 aliphatic rings. The van der Waals surface area contributed by atoms with Crippen molar-refractivity contribution in [2.24, 2.45) is 0 Å². The van der Waals surface area contributed by atoms with Gasteiger partial charge in [-0.15, -0.1) is 0 Å². The Labute approximate surface area is 193 Å². The number of anilines is 2. The number of nitrogens with one attached hydrogen (secondary N) is 1. The largest absolute Gasteiger partial charge is 0.495 e. The first-order valence-corrected chi connectivity index (χ1v) is 12.7. The van der Waals surface area contributed by atoms with Gasteiger partial charge in [-0.3, -0.25) is 0 Å². The SMILES string of the molecule is COc1ccc(C=C2CNc3ccc(S(=O)(=O)Cc4c(C)cccc4C)cc3S2)cc1N. The summed E-state index contributed by atoms with van der Waals surface area (Å²) in [5.41, 5.74) is 11.4. The second kappa shape index (κ2) is 8.92. The lowest BCUT2D eigenvalue weighted by molar-refractivity contribution is 0.417. The fraction of sp³-hybridized carbons (Fsp3) is 0.200. The van der Waals surface area contributed by atoms with Gasteiger partial charge in [0.25, 0.3) is 0 Å². The highest BCUT2D eigenvalue weighted by Gasteiger charge is 2.21. The van der Waals surface area contributed by atoms with Crippen LogP contribution in [0.25, 0.3) is 6.08 Å². The maximum atomic E-state index is 13.2. The average molecular weight is 467 g/mol. The fourth-order valence-corrected chi connectivity index (χ4v) is 6.45. The van der Waals surface area contributed by atoms with Crippen LogP contribution in [0.15, 0.2) is 69.3 Å². The van der Waals surface area contributed by atoms with Crippen LogP contribution in [0.5, 0.6) is 5.75 Å². The Balaban J connectivity index is 1.60. The summed E-state index contributed by atoms with van der Waals surface area (Å²) in [7, 11) is -1.88.